The molecule has 25 heavy (non-hydrogen) atoms. The van der Waals surface area contributed by atoms with Gasteiger partial charge in [-0.25, -0.2) is 0 Å². The van der Waals surface area contributed by atoms with Crippen molar-refractivity contribution >= 4 is 5.69 Å². The lowest BCUT2D eigenvalue weighted by Gasteiger charge is -2.34. The quantitative estimate of drug-likeness (QED) is 0.560. The zero-order chi connectivity index (χ0) is 18.4. The van der Waals surface area contributed by atoms with Gasteiger partial charge in [0.1, 0.15) is 0 Å². The van der Waals surface area contributed by atoms with E-state index < -0.39 is 0 Å². The van der Waals surface area contributed by atoms with Crippen molar-refractivity contribution < 1.29 is 10.0 Å². The summed E-state index contributed by atoms with van der Waals surface area (Å²) in [7, 11) is 0. The third-order valence-corrected chi connectivity index (χ3v) is 4.76. The first kappa shape index (κ1) is 19.1. The van der Waals surface area contributed by atoms with Crippen molar-refractivity contribution in [3.63, 3.8) is 0 Å². The second kappa shape index (κ2) is 8.23. The Morgan fingerprint density at radius 2 is 1.76 bits per heavy atom. The number of aliphatic hydroxyl groups is 1. The summed E-state index contributed by atoms with van der Waals surface area (Å²) in [4.78, 5) is 10.6. The van der Waals surface area contributed by atoms with Crippen LogP contribution in [0.25, 0.3) is 0 Å². The fourth-order valence-corrected chi connectivity index (χ4v) is 2.96. The van der Waals surface area contributed by atoms with Crippen molar-refractivity contribution in [2.75, 3.05) is 13.2 Å². The molecule has 0 heterocycles. The van der Waals surface area contributed by atoms with Gasteiger partial charge < -0.3 is 10.4 Å². The normalized spacial score (nSPS) is 14.1. The highest BCUT2D eigenvalue weighted by Gasteiger charge is 2.30. The van der Waals surface area contributed by atoms with E-state index >= 15 is 0 Å². The Balaban J connectivity index is 2.15. The average molecular weight is 342 g/mol. The molecule has 5 nitrogen and oxygen atoms in total. The zero-order valence-electron chi connectivity index (χ0n) is 15.0. The van der Waals surface area contributed by atoms with E-state index in [-0.39, 0.29) is 34.6 Å². The molecule has 2 unspecified atom stereocenters. The topological polar surface area (TPSA) is 75.4 Å². The lowest BCUT2D eigenvalue weighted by molar-refractivity contribution is -0.384. The molecule has 0 saturated carbocycles. The molecule has 134 valence electrons. The molecule has 2 N–H and O–H groups in total. The molecule has 0 aromatic heterocycles. The van der Waals surface area contributed by atoms with E-state index in [1.807, 2.05) is 45.0 Å². The van der Waals surface area contributed by atoms with Crippen molar-refractivity contribution in [1.29, 1.82) is 0 Å². The van der Waals surface area contributed by atoms with Crippen LogP contribution >= 0.6 is 0 Å². The van der Waals surface area contributed by atoms with E-state index in [4.69, 9.17) is 0 Å². The van der Waals surface area contributed by atoms with Gasteiger partial charge in [0.2, 0.25) is 0 Å². The van der Waals surface area contributed by atoms with Crippen LogP contribution in [0.2, 0.25) is 0 Å². The maximum Gasteiger partial charge on any atom is 0.269 e. The average Bonchev–Trinajstić information content (AvgIpc) is 2.62. The minimum absolute atomic E-state index is 0.0272. The van der Waals surface area contributed by atoms with Gasteiger partial charge in [-0.15, -0.1) is 0 Å². The van der Waals surface area contributed by atoms with Crippen LogP contribution in [0.15, 0.2) is 54.6 Å². The third-order valence-electron chi connectivity index (χ3n) is 4.76. The molecule has 0 amide bonds. The number of aliphatic hydroxyl groups excluding tert-OH is 1. The van der Waals surface area contributed by atoms with Gasteiger partial charge in [-0.3, -0.25) is 10.1 Å². The van der Waals surface area contributed by atoms with Crippen LogP contribution in [0.5, 0.6) is 0 Å². The molecule has 2 aromatic carbocycles. The molecule has 0 aliphatic rings. The summed E-state index contributed by atoms with van der Waals surface area (Å²) >= 11 is 0. The molecule has 0 aliphatic carbocycles. The lowest BCUT2D eigenvalue weighted by atomic mass is 9.75. The molecule has 0 aliphatic heterocycles. The highest BCUT2D eigenvalue weighted by atomic mass is 16.6. The Labute approximate surface area is 148 Å². The predicted octanol–water partition coefficient (Wildman–Crippen LogP) is 4.05. The minimum Gasteiger partial charge on any atom is -0.396 e. The van der Waals surface area contributed by atoms with Gasteiger partial charge >= 0.3 is 0 Å². The van der Waals surface area contributed by atoms with E-state index in [1.54, 1.807) is 12.1 Å². The lowest BCUT2D eigenvalue weighted by Crippen LogP contribution is -2.35. The Hall–Kier alpha value is -2.24. The predicted molar refractivity (Wildman–Crippen MR) is 99.6 cm³/mol. The van der Waals surface area contributed by atoms with E-state index in [0.717, 1.165) is 5.56 Å². The molecule has 0 bridgehead atoms. The summed E-state index contributed by atoms with van der Waals surface area (Å²) in [6.45, 7) is 6.84. The number of nitro groups is 1. The van der Waals surface area contributed by atoms with Crippen molar-refractivity contribution in [3.8, 4) is 0 Å². The summed E-state index contributed by atoms with van der Waals surface area (Å²) in [5.74, 6) is 0.125. The molecule has 0 spiro atoms. The van der Waals surface area contributed by atoms with E-state index in [0.29, 0.717) is 6.54 Å². The summed E-state index contributed by atoms with van der Waals surface area (Å²) in [5.41, 5.74) is 1.86. The maximum atomic E-state index is 11.0. The van der Waals surface area contributed by atoms with Gasteiger partial charge in [0.05, 0.1) is 4.92 Å². The van der Waals surface area contributed by atoms with E-state index in [1.165, 1.54) is 11.6 Å². The van der Waals surface area contributed by atoms with E-state index in [2.05, 4.69) is 17.4 Å². The molecule has 2 atom stereocenters. The Morgan fingerprint density at radius 3 is 2.36 bits per heavy atom. The second-order valence-corrected chi connectivity index (χ2v) is 7.09. The number of benzene rings is 2. The summed E-state index contributed by atoms with van der Waals surface area (Å²) < 4.78 is 0. The Morgan fingerprint density at radius 1 is 1.12 bits per heavy atom. The first-order valence-corrected chi connectivity index (χ1v) is 8.48. The first-order chi connectivity index (χ1) is 11.8. The van der Waals surface area contributed by atoms with Gasteiger partial charge in [-0.2, -0.15) is 0 Å². The number of nitrogens with one attached hydrogen (secondary N) is 1. The zero-order valence-corrected chi connectivity index (χ0v) is 15.0. The SMILES string of the molecule is CC(NCC(c1ccccc1)C(C)(C)CO)c1cccc([N+](=O)[O-])c1. The van der Waals surface area contributed by atoms with Crippen LogP contribution in [0, 0.1) is 15.5 Å². The number of rotatable bonds is 8. The Kier molecular flexibility index (Phi) is 6.28. The fraction of sp³-hybridized carbons (Fsp3) is 0.400. The molecule has 5 heteroatoms. The minimum atomic E-state index is -0.377. The highest BCUT2D eigenvalue weighted by Crippen LogP contribution is 2.35. The van der Waals surface area contributed by atoms with Crippen LogP contribution in [0.4, 0.5) is 5.69 Å². The summed E-state index contributed by atoms with van der Waals surface area (Å²) in [5, 5.41) is 24.2. The first-order valence-electron chi connectivity index (χ1n) is 8.48. The number of non-ortho nitro benzene ring substituents is 1. The van der Waals surface area contributed by atoms with E-state index in [9.17, 15) is 15.2 Å². The van der Waals surface area contributed by atoms with Gasteiger partial charge in [-0.05, 0) is 23.5 Å². The highest BCUT2D eigenvalue weighted by molar-refractivity contribution is 5.35. The van der Waals surface area contributed by atoms with Gasteiger partial charge in [0.25, 0.3) is 5.69 Å². The third kappa shape index (κ3) is 4.87. The van der Waals surface area contributed by atoms with Crippen molar-refractivity contribution in [3.05, 3.63) is 75.8 Å². The van der Waals surface area contributed by atoms with Crippen LogP contribution < -0.4 is 5.32 Å². The largest absolute Gasteiger partial charge is 0.396 e. The smallest absolute Gasteiger partial charge is 0.269 e. The summed E-state index contributed by atoms with van der Waals surface area (Å²) in [6, 6.07) is 16.8. The Bertz CT molecular complexity index is 701. The van der Waals surface area contributed by atoms with Gasteiger partial charge in [0.15, 0.2) is 0 Å². The second-order valence-electron chi connectivity index (χ2n) is 7.09. The molecule has 0 saturated heterocycles. The maximum absolute atomic E-state index is 11.0. The molecule has 2 rings (SSSR count). The molecule has 2 aromatic rings. The van der Waals surface area contributed by atoms with Crippen LogP contribution in [-0.4, -0.2) is 23.2 Å². The molecular formula is C20H26N2O3. The van der Waals surface area contributed by atoms with Gasteiger partial charge in [0, 0.05) is 37.2 Å². The summed E-state index contributed by atoms with van der Waals surface area (Å²) in [6.07, 6.45) is 0. The van der Waals surface area contributed by atoms with Crippen molar-refractivity contribution in [2.24, 2.45) is 5.41 Å². The standard InChI is InChI=1S/C20H26N2O3/c1-15(17-10-7-11-18(12-17)22(24)25)21-13-19(20(2,3)14-23)16-8-5-4-6-9-16/h4-12,15,19,21,23H,13-14H2,1-3H3. The van der Waals surface area contributed by atoms with Crippen molar-refractivity contribution in [1.82, 2.24) is 5.32 Å². The van der Waals surface area contributed by atoms with Crippen LogP contribution in [0.1, 0.15) is 43.9 Å². The van der Waals surface area contributed by atoms with Crippen molar-refractivity contribution in [2.45, 2.75) is 32.7 Å². The number of hydrogen-bond acceptors (Lipinski definition) is 4. The fourth-order valence-electron chi connectivity index (χ4n) is 2.96. The van der Waals surface area contributed by atoms with Crippen LogP contribution in [-0.2, 0) is 0 Å². The number of nitrogens with zero attached hydrogens (tertiary/aromatic N) is 1. The molecular weight excluding hydrogens is 316 g/mol. The van der Waals surface area contributed by atoms with Gasteiger partial charge in [-0.1, -0.05) is 56.3 Å². The van der Waals surface area contributed by atoms with Crippen LogP contribution in [0.3, 0.4) is 0 Å². The molecule has 0 fully saturated rings. The number of hydrogen-bond donors (Lipinski definition) is 2. The monoisotopic (exact) mass is 342 g/mol. The molecule has 0 radical (unpaired) electrons. The number of nitro benzene ring substituents is 1.